The van der Waals surface area contributed by atoms with E-state index < -0.39 is 6.04 Å². The van der Waals surface area contributed by atoms with E-state index in [4.69, 9.17) is 19.9 Å². The van der Waals surface area contributed by atoms with Crippen molar-refractivity contribution < 1.29 is 19.0 Å². The van der Waals surface area contributed by atoms with Crippen LogP contribution in [0.25, 0.3) is 0 Å². The van der Waals surface area contributed by atoms with Gasteiger partial charge in [-0.2, -0.15) is 0 Å². The molecule has 0 amide bonds. The third kappa shape index (κ3) is 2.19. The average Bonchev–Trinajstić information content (AvgIpc) is 2.36. The highest BCUT2D eigenvalue weighted by Crippen LogP contribution is 2.37. The Bertz CT molecular complexity index is 442. The van der Waals surface area contributed by atoms with Gasteiger partial charge in [-0.15, -0.1) is 0 Å². The Labute approximate surface area is 99.5 Å². The molecule has 0 fully saturated rings. The summed E-state index contributed by atoms with van der Waals surface area (Å²) in [5, 5.41) is 0. The maximum absolute atomic E-state index is 11.9. The summed E-state index contributed by atoms with van der Waals surface area (Å²) in [6.07, 6.45) is 0. The van der Waals surface area contributed by atoms with Gasteiger partial charge in [-0.05, 0) is 13.0 Å². The Morgan fingerprint density at radius 2 is 1.94 bits per heavy atom. The summed E-state index contributed by atoms with van der Waals surface area (Å²) >= 11 is 0. The molecule has 0 radical (unpaired) electrons. The molecule has 1 aliphatic rings. The number of carbonyl (C=O) groups excluding carboxylic acids is 1. The number of carbonyl (C=O) groups is 1. The van der Waals surface area contributed by atoms with Crippen LogP contribution in [0.2, 0.25) is 0 Å². The van der Waals surface area contributed by atoms with Gasteiger partial charge in [-0.1, -0.05) is 0 Å². The van der Waals surface area contributed by atoms with Crippen LogP contribution >= 0.6 is 0 Å². The highest BCUT2D eigenvalue weighted by Gasteiger charge is 2.22. The number of Topliss-reactive ketones (excluding diaryl/α,β-unsaturated/α-hetero) is 1. The van der Waals surface area contributed by atoms with E-state index in [0.717, 1.165) is 0 Å². The Hall–Kier alpha value is -1.75. The van der Waals surface area contributed by atoms with Crippen LogP contribution in [0.15, 0.2) is 12.1 Å². The first-order valence-electron chi connectivity index (χ1n) is 5.41. The van der Waals surface area contributed by atoms with Crippen molar-refractivity contribution in [3.05, 3.63) is 17.7 Å². The van der Waals surface area contributed by atoms with E-state index in [1.54, 1.807) is 19.1 Å². The van der Waals surface area contributed by atoms with Crippen LogP contribution in [0.1, 0.15) is 17.3 Å². The van der Waals surface area contributed by atoms with Crippen molar-refractivity contribution in [2.75, 3.05) is 20.3 Å². The molecule has 1 heterocycles. The summed E-state index contributed by atoms with van der Waals surface area (Å²) < 4.78 is 16.0. The summed E-state index contributed by atoms with van der Waals surface area (Å²) in [5.41, 5.74) is 6.01. The molecular formula is C12H15NO4. The molecule has 0 aromatic heterocycles. The lowest BCUT2D eigenvalue weighted by Crippen LogP contribution is -2.27. The Morgan fingerprint density at radius 3 is 2.47 bits per heavy atom. The molecule has 1 unspecified atom stereocenters. The van der Waals surface area contributed by atoms with Gasteiger partial charge in [-0.25, -0.2) is 0 Å². The minimum atomic E-state index is -0.577. The Morgan fingerprint density at radius 1 is 1.35 bits per heavy atom. The average molecular weight is 237 g/mol. The fraction of sp³-hybridized carbons (Fsp3) is 0.417. The molecule has 0 aliphatic carbocycles. The molecule has 17 heavy (non-hydrogen) atoms. The van der Waals surface area contributed by atoms with Crippen molar-refractivity contribution >= 4 is 5.78 Å². The molecule has 2 rings (SSSR count). The molecule has 92 valence electrons. The quantitative estimate of drug-likeness (QED) is 0.794. The zero-order valence-electron chi connectivity index (χ0n) is 9.86. The Balaban J connectivity index is 2.47. The zero-order valence-corrected chi connectivity index (χ0v) is 9.86. The van der Waals surface area contributed by atoms with Crippen LogP contribution in [-0.4, -0.2) is 32.1 Å². The molecule has 1 aliphatic heterocycles. The molecule has 2 N–H and O–H groups in total. The lowest BCUT2D eigenvalue weighted by Gasteiger charge is -2.20. The smallest absolute Gasteiger partial charge is 0.183 e. The highest BCUT2D eigenvalue weighted by molar-refractivity contribution is 6.02. The fourth-order valence-electron chi connectivity index (χ4n) is 1.68. The van der Waals surface area contributed by atoms with Crippen molar-refractivity contribution in [2.24, 2.45) is 5.73 Å². The van der Waals surface area contributed by atoms with Crippen LogP contribution in [0, 0.1) is 0 Å². The fourth-order valence-corrected chi connectivity index (χ4v) is 1.68. The number of rotatable bonds is 3. The van der Waals surface area contributed by atoms with Crippen LogP contribution < -0.4 is 19.9 Å². The van der Waals surface area contributed by atoms with E-state index in [1.165, 1.54) is 7.11 Å². The van der Waals surface area contributed by atoms with Crippen molar-refractivity contribution in [1.29, 1.82) is 0 Å². The lowest BCUT2D eigenvalue weighted by atomic mass is 10.0. The number of fused-ring (bicyclic) bond motifs is 1. The van der Waals surface area contributed by atoms with Gasteiger partial charge >= 0.3 is 0 Å². The van der Waals surface area contributed by atoms with Gasteiger partial charge in [0.15, 0.2) is 17.3 Å². The number of ether oxygens (including phenoxy) is 3. The van der Waals surface area contributed by atoms with E-state index >= 15 is 0 Å². The number of nitrogens with two attached hydrogens (primary N) is 1. The number of hydrogen-bond acceptors (Lipinski definition) is 5. The summed E-state index contributed by atoms with van der Waals surface area (Å²) in [5.74, 6) is 1.42. The molecule has 5 heteroatoms. The van der Waals surface area contributed by atoms with E-state index in [9.17, 15) is 4.79 Å². The largest absolute Gasteiger partial charge is 0.496 e. The first-order chi connectivity index (χ1) is 8.13. The van der Waals surface area contributed by atoms with Crippen molar-refractivity contribution in [3.8, 4) is 17.2 Å². The van der Waals surface area contributed by atoms with Crippen LogP contribution in [0.3, 0.4) is 0 Å². The molecule has 0 bridgehead atoms. The summed E-state index contributed by atoms with van der Waals surface area (Å²) in [6, 6.07) is 2.70. The summed E-state index contributed by atoms with van der Waals surface area (Å²) in [7, 11) is 1.50. The first-order valence-corrected chi connectivity index (χ1v) is 5.41. The van der Waals surface area contributed by atoms with Gasteiger partial charge in [0, 0.05) is 6.07 Å². The van der Waals surface area contributed by atoms with E-state index in [-0.39, 0.29) is 5.78 Å². The molecule has 0 saturated heterocycles. The van der Waals surface area contributed by atoms with E-state index in [2.05, 4.69) is 0 Å². The molecular weight excluding hydrogens is 222 g/mol. The summed E-state index contributed by atoms with van der Waals surface area (Å²) in [6.45, 7) is 2.61. The van der Waals surface area contributed by atoms with Gasteiger partial charge in [0.05, 0.1) is 18.7 Å². The van der Waals surface area contributed by atoms with E-state index in [1.807, 2.05) is 0 Å². The third-order valence-corrected chi connectivity index (χ3v) is 2.54. The highest BCUT2D eigenvalue weighted by atomic mass is 16.6. The molecule has 1 atom stereocenters. The van der Waals surface area contributed by atoms with Crippen LogP contribution in [0.5, 0.6) is 17.2 Å². The third-order valence-electron chi connectivity index (χ3n) is 2.54. The molecule has 1 aromatic carbocycles. The normalized spacial score (nSPS) is 15.2. The van der Waals surface area contributed by atoms with Crippen LogP contribution in [-0.2, 0) is 0 Å². The number of ketones is 1. The maximum atomic E-state index is 11.9. The minimum absolute atomic E-state index is 0.182. The number of benzene rings is 1. The van der Waals surface area contributed by atoms with Crippen LogP contribution in [0.4, 0.5) is 0 Å². The SMILES string of the molecule is COc1cc2c(cc1C(=O)C(C)N)OCCO2. The predicted molar refractivity (Wildman–Crippen MR) is 62.0 cm³/mol. The minimum Gasteiger partial charge on any atom is -0.496 e. The molecule has 0 spiro atoms. The molecule has 1 aromatic rings. The molecule has 0 saturated carbocycles. The number of hydrogen-bond donors (Lipinski definition) is 1. The van der Waals surface area contributed by atoms with Gasteiger partial charge in [0.2, 0.25) is 0 Å². The monoisotopic (exact) mass is 237 g/mol. The van der Waals surface area contributed by atoms with Gasteiger partial charge in [-0.3, -0.25) is 4.79 Å². The number of methoxy groups -OCH3 is 1. The summed E-state index contributed by atoms with van der Waals surface area (Å²) in [4.78, 5) is 11.9. The maximum Gasteiger partial charge on any atom is 0.183 e. The second kappa shape index (κ2) is 4.63. The van der Waals surface area contributed by atoms with Crippen molar-refractivity contribution in [3.63, 3.8) is 0 Å². The first kappa shape index (κ1) is 11.7. The van der Waals surface area contributed by atoms with Crippen molar-refractivity contribution in [1.82, 2.24) is 0 Å². The van der Waals surface area contributed by atoms with E-state index in [0.29, 0.717) is 36.0 Å². The van der Waals surface area contributed by atoms with Crippen molar-refractivity contribution in [2.45, 2.75) is 13.0 Å². The van der Waals surface area contributed by atoms with Gasteiger partial charge in [0.25, 0.3) is 0 Å². The standard InChI is InChI=1S/C12H15NO4/c1-7(13)12(14)8-5-10-11(6-9(8)15-2)17-4-3-16-10/h5-7H,3-4,13H2,1-2H3. The Kier molecular flexibility index (Phi) is 3.19. The predicted octanol–water partition coefficient (Wildman–Crippen LogP) is 0.996. The topological polar surface area (TPSA) is 70.8 Å². The molecule has 5 nitrogen and oxygen atoms in total. The lowest BCUT2D eigenvalue weighted by molar-refractivity contribution is 0.0963. The van der Waals surface area contributed by atoms with Gasteiger partial charge < -0.3 is 19.9 Å². The van der Waals surface area contributed by atoms with Gasteiger partial charge in [0.1, 0.15) is 19.0 Å². The second-order valence-electron chi connectivity index (χ2n) is 3.85. The zero-order chi connectivity index (χ0) is 12.4. The second-order valence-corrected chi connectivity index (χ2v) is 3.85.